The van der Waals surface area contributed by atoms with Crippen LogP contribution < -0.4 is 5.32 Å². The summed E-state index contributed by atoms with van der Waals surface area (Å²) in [6.07, 6.45) is 0.122. The molecule has 104 valence electrons. The first-order valence-electron chi connectivity index (χ1n) is 6.23. The molecule has 2 amide bonds. The lowest BCUT2D eigenvalue weighted by atomic mass is 9.97. The summed E-state index contributed by atoms with van der Waals surface area (Å²) in [5.41, 5.74) is 3.41. The summed E-state index contributed by atoms with van der Waals surface area (Å²) in [5.74, 6) is -0.743. The van der Waals surface area contributed by atoms with E-state index in [2.05, 4.69) is 10.3 Å². The summed E-state index contributed by atoms with van der Waals surface area (Å²) >= 11 is 1.52. The monoisotopic (exact) mass is 291 g/mol. The van der Waals surface area contributed by atoms with Crippen LogP contribution in [0.3, 0.4) is 0 Å². The maximum atomic E-state index is 12.0. The summed E-state index contributed by atoms with van der Waals surface area (Å²) < 4.78 is 1.02. The highest BCUT2D eigenvalue weighted by Crippen LogP contribution is 2.24. The third kappa shape index (κ3) is 2.57. The van der Waals surface area contributed by atoms with Crippen molar-refractivity contribution in [3.05, 3.63) is 23.7 Å². The molecule has 0 bridgehead atoms. The molecule has 0 saturated carbocycles. The molecule has 0 aliphatic carbocycles. The summed E-state index contributed by atoms with van der Waals surface area (Å²) in [7, 11) is 0. The van der Waals surface area contributed by atoms with Crippen LogP contribution in [0, 0.1) is 5.92 Å². The predicted octanol–water partition coefficient (Wildman–Crippen LogP) is 2.23. The maximum absolute atomic E-state index is 12.0. The van der Waals surface area contributed by atoms with E-state index in [1.165, 1.54) is 11.3 Å². The van der Waals surface area contributed by atoms with Crippen molar-refractivity contribution < 1.29 is 14.7 Å². The van der Waals surface area contributed by atoms with E-state index in [-0.39, 0.29) is 18.4 Å². The molecule has 1 aliphatic heterocycles. The summed E-state index contributed by atoms with van der Waals surface area (Å²) in [6, 6.07) is 5.38. The summed E-state index contributed by atoms with van der Waals surface area (Å²) in [4.78, 5) is 28.3. The number of carbonyl (C=O) groups is 2. The molecule has 2 N–H and O–H groups in total. The molecule has 20 heavy (non-hydrogen) atoms. The average molecular weight is 291 g/mol. The van der Waals surface area contributed by atoms with Gasteiger partial charge in [0.2, 0.25) is 0 Å². The molecule has 1 aliphatic rings. The van der Waals surface area contributed by atoms with Gasteiger partial charge < -0.3 is 15.3 Å². The van der Waals surface area contributed by atoms with Gasteiger partial charge in [-0.25, -0.2) is 9.78 Å². The minimum Gasteiger partial charge on any atom is -0.481 e. The highest BCUT2D eigenvalue weighted by atomic mass is 32.1. The molecule has 7 heteroatoms. The predicted molar refractivity (Wildman–Crippen MR) is 76.0 cm³/mol. The third-order valence-corrected chi connectivity index (χ3v) is 4.08. The van der Waals surface area contributed by atoms with Crippen molar-refractivity contribution in [3.8, 4) is 0 Å². The highest BCUT2D eigenvalue weighted by Gasteiger charge is 2.32. The van der Waals surface area contributed by atoms with Crippen molar-refractivity contribution in [3.63, 3.8) is 0 Å². The van der Waals surface area contributed by atoms with Crippen molar-refractivity contribution in [1.29, 1.82) is 0 Å². The van der Waals surface area contributed by atoms with Gasteiger partial charge in [0.15, 0.2) is 0 Å². The lowest BCUT2D eigenvalue weighted by Gasteiger charge is -2.38. The number of anilines is 1. The number of nitrogens with zero attached hydrogens (tertiary/aromatic N) is 2. The van der Waals surface area contributed by atoms with E-state index in [1.807, 2.05) is 18.2 Å². The van der Waals surface area contributed by atoms with Gasteiger partial charge in [-0.2, -0.15) is 0 Å². The third-order valence-electron chi connectivity index (χ3n) is 3.29. The van der Waals surface area contributed by atoms with Gasteiger partial charge in [-0.1, -0.05) is 0 Å². The van der Waals surface area contributed by atoms with Crippen LogP contribution in [-0.2, 0) is 4.79 Å². The number of aromatic nitrogens is 1. The quantitative estimate of drug-likeness (QED) is 0.908. The van der Waals surface area contributed by atoms with Crippen LogP contribution in [0.4, 0.5) is 10.5 Å². The number of benzene rings is 1. The van der Waals surface area contributed by atoms with Crippen LogP contribution in [-0.4, -0.2) is 40.1 Å². The van der Waals surface area contributed by atoms with Gasteiger partial charge in [-0.05, 0) is 18.2 Å². The number of hydrogen-bond acceptors (Lipinski definition) is 4. The molecule has 2 aromatic rings. The van der Waals surface area contributed by atoms with Crippen molar-refractivity contribution in [2.45, 2.75) is 6.42 Å². The number of fused-ring (bicyclic) bond motifs is 1. The Morgan fingerprint density at radius 3 is 3.00 bits per heavy atom. The van der Waals surface area contributed by atoms with Crippen LogP contribution in [0.5, 0.6) is 0 Å². The highest BCUT2D eigenvalue weighted by molar-refractivity contribution is 7.16. The summed E-state index contributed by atoms with van der Waals surface area (Å²) in [5, 5.41) is 11.5. The first-order valence-corrected chi connectivity index (χ1v) is 7.11. The summed E-state index contributed by atoms with van der Waals surface area (Å²) in [6.45, 7) is 1.00. The van der Waals surface area contributed by atoms with Crippen LogP contribution in [0.15, 0.2) is 23.7 Å². The largest absolute Gasteiger partial charge is 0.481 e. The number of carbonyl (C=O) groups excluding carboxylic acids is 1. The van der Waals surface area contributed by atoms with Crippen LogP contribution in [0.2, 0.25) is 0 Å². The lowest BCUT2D eigenvalue weighted by molar-refractivity contribution is -0.139. The van der Waals surface area contributed by atoms with Gasteiger partial charge in [0.25, 0.3) is 0 Å². The van der Waals surface area contributed by atoms with Crippen molar-refractivity contribution in [2.24, 2.45) is 5.92 Å². The second kappa shape index (κ2) is 5.09. The Kier molecular flexibility index (Phi) is 3.27. The minimum atomic E-state index is -0.814. The van der Waals surface area contributed by atoms with Crippen molar-refractivity contribution in [2.75, 3.05) is 18.4 Å². The van der Waals surface area contributed by atoms with E-state index < -0.39 is 5.97 Å². The number of rotatable bonds is 3. The molecule has 1 saturated heterocycles. The molecule has 3 rings (SSSR count). The number of likely N-dealkylation sites (tertiary alicyclic amines) is 1. The van der Waals surface area contributed by atoms with E-state index in [9.17, 15) is 9.59 Å². The zero-order valence-corrected chi connectivity index (χ0v) is 11.4. The van der Waals surface area contributed by atoms with Gasteiger partial charge in [0, 0.05) is 24.7 Å². The number of carboxylic acid groups (broad SMARTS) is 1. The molecule has 0 radical (unpaired) electrons. The molecular formula is C13H13N3O3S. The Labute approximate surface area is 119 Å². The van der Waals surface area contributed by atoms with Gasteiger partial charge in [0.05, 0.1) is 22.1 Å². The Morgan fingerprint density at radius 2 is 2.25 bits per heavy atom. The maximum Gasteiger partial charge on any atom is 0.321 e. The number of carboxylic acids is 1. The number of thiazole rings is 1. The molecule has 6 nitrogen and oxygen atoms in total. The fourth-order valence-electron chi connectivity index (χ4n) is 2.25. The molecule has 1 fully saturated rings. The molecule has 1 aromatic heterocycles. The second-order valence-electron chi connectivity index (χ2n) is 4.83. The van der Waals surface area contributed by atoms with Crippen molar-refractivity contribution in [1.82, 2.24) is 9.88 Å². The van der Waals surface area contributed by atoms with Gasteiger partial charge in [-0.3, -0.25) is 4.79 Å². The number of amides is 2. The fraction of sp³-hybridized carbons (Fsp3) is 0.308. The number of nitrogens with one attached hydrogen (secondary N) is 1. The van der Waals surface area contributed by atoms with Crippen LogP contribution in [0.1, 0.15) is 6.42 Å². The lowest BCUT2D eigenvalue weighted by Crippen LogP contribution is -2.52. The molecule has 1 aromatic carbocycles. The SMILES string of the molecule is O=C(O)CC1CN(C(=O)Nc2ccc3ncsc3c2)C1. The molecule has 0 spiro atoms. The second-order valence-corrected chi connectivity index (χ2v) is 5.72. The van der Waals surface area contributed by atoms with Crippen molar-refractivity contribution >= 4 is 39.2 Å². The molecular weight excluding hydrogens is 278 g/mol. The van der Waals surface area contributed by atoms with E-state index in [1.54, 1.807) is 10.4 Å². The van der Waals surface area contributed by atoms with Gasteiger partial charge in [-0.15, -0.1) is 11.3 Å². The van der Waals surface area contributed by atoms with Gasteiger partial charge in [0.1, 0.15) is 0 Å². The normalized spacial score (nSPS) is 15.1. The smallest absolute Gasteiger partial charge is 0.321 e. The van der Waals surface area contributed by atoms with Crippen LogP contribution >= 0.6 is 11.3 Å². The zero-order valence-electron chi connectivity index (χ0n) is 10.6. The van der Waals surface area contributed by atoms with E-state index in [4.69, 9.17) is 5.11 Å². The number of aliphatic carboxylic acids is 1. The number of hydrogen-bond donors (Lipinski definition) is 2. The fourth-order valence-corrected chi connectivity index (χ4v) is 2.96. The first kappa shape index (κ1) is 12.9. The molecule has 0 atom stereocenters. The Hall–Kier alpha value is -2.15. The Morgan fingerprint density at radius 1 is 1.45 bits per heavy atom. The molecule has 0 unspecified atom stereocenters. The first-order chi connectivity index (χ1) is 9.61. The van der Waals surface area contributed by atoms with E-state index in [0.717, 1.165) is 15.9 Å². The minimum absolute atomic E-state index is 0.0715. The standard InChI is InChI=1S/C13H13N3O3S/c17-12(18)3-8-5-16(6-8)13(19)15-9-1-2-10-11(4-9)20-7-14-10/h1-2,4,7-8H,3,5-6H2,(H,15,19)(H,17,18). The molecule has 2 heterocycles. The Balaban J connectivity index is 1.58. The van der Waals surface area contributed by atoms with Crippen LogP contribution in [0.25, 0.3) is 10.2 Å². The number of urea groups is 1. The Bertz CT molecular complexity index is 664. The topological polar surface area (TPSA) is 82.5 Å². The van der Waals surface area contributed by atoms with E-state index >= 15 is 0 Å². The van der Waals surface area contributed by atoms with Gasteiger partial charge >= 0.3 is 12.0 Å². The average Bonchev–Trinajstić information content (AvgIpc) is 2.80. The zero-order chi connectivity index (χ0) is 14.1. The van der Waals surface area contributed by atoms with E-state index in [0.29, 0.717) is 13.1 Å².